The molecule has 0 bridgehead atoms. The van der Waals surface area contributed by atoms with E-state index in [1.54, 1.807) is 0 Å². The highest BCUT2D eigenvalue weighted by atomic mass is 14.7. The normalized spacial score (nSPS) is 11.4. The molecule has 0 saturated heterocycles. The van der Waals surface area contributed by atoms with E-state index >= 15 is 0 Å². The molecule has 3 aromatic rings. The van der Waals surface area contributed by atoms with Gasteiger partial charge in [-0.1, -0.05) is 60.2 Å². The Bertz CT molecular complexity index is 815. The maximum Gasteiger partial charge on any atom is 0.0645 e. The number of fused-ring (bicyclic) bond motifs is 1. The molecule has 0 aliphatic rings. The minimum atomic E-state index is 0.737. The molecule has 1 nitrogen and oxygen atoms in total. The van der Waals surface area contributed by atoms with Gasteiger partial charge in [0, 0.05) is 11.8 Å². The fourth-order valence-corrected chi connectivity index (χ4v) is 3.06. The first-order valence-corrected chi connectivity index (χ1v) is 7.69. The van der Waals surface area contributed by atoms with Gasteiger partial charge in [-0.05, 0) is 48.2 Å². The van der Waals surface area contributed by atoms with Crippen LogP contribution in [0.25, 0.3) is 10.8 Å². The molecule has 0 N–H and O–H groups in total. The zero-order valence-electron chi connectivity index (χ0n) is 13.4. The first-order chi connectivity index (χ1) is 10.6. The van der Waals surface area contributed by atoms with Crippen LogP contribution < -0.4 is 0 Å². The predicted octanol–water partition coefficient (Wildman–Crippen LogP) is 5.38. The van der Waals surface area contributed by atoms with E-state index in [1.807, 2.05) is 6.21 Å². The van der Waals surface area contributed by atoms with E-state index in [4.69, 9.17) is 0 Å². The Kier molecular flexibility index (Phi) is 4.06. The SMILES string of the molecule is Cc1cc(C)c(CN=Cc2cccc3ccccc23)c(C)c1. The molecule has 1 heteroatoms. The van der Waals surface area contributed by atoms with Gasteiger partial charge in [-0.25, -0.2) is 0 Å². The third-order valence-corrected chi connectivity index (χ3v) is 4.14. The van der Waals surface area contributed by atoms with Gasteiger partial charge in [-0.15, -0.1) is 0 Å². The zero-order valence-corrected chi connectivity index (χ0v) is 13.4. The summed E-state index contributed by atoms with van der Waals surface area (Å²) in [5.74, 6) is 0. The number of hydrogen-bond donors (Lipinski definition) is 0. The third kappa shape index (κ3) is 2.94. The minimum absolute atomic E-state index is 0.737. The number of aryl methyl sites for hydroxylation is 3. The number of aliphatic imine (C=N–C) groups is 1. The number of hydrogen-bond acceptors (Lipinski definition) is 1. The van der Waals surface area contributed by atoms with Crippen LogP contribution in [-0.2, 0) is 6.54 Å². The van der Waals surface area contributed by atoms with Gasteiger partial charge >= 0.3 is 0 Å². The average molecular weight is 287 g/mol. The van der Waals surface area contributed by atoms with Crippen LogP contribution in [-0.4, -0.2) is 6.21 Å². The van der Waals surface area contributed by atoms with Gasteiger partial charge < -0.3 is 0 Å². The summed E-state index contributed by atoms with van der Waals surface area (Å²) in [7, 11) is 0. The highest BCUT2D eigenvalue weighted by molar-refractivity contribution is 5.99. The van der Waals surface area contributed by atoms with Crippen molar-refractivity contribution in [1.29, 1.82) is 0 Å². The largest absolute Gasteiger partial charge is 0.288 e. The highest BCUT2D eigenvalue weighted by Gasteiger charge is 2.03. The van der Waals surface area contributed by atoms with Crippen LogP contribution in [0, 0.1) is 20.8 Å². The number of rotatable bonds is 3. The molecular formula is C21H21N. The van der Waals surface area contributed by atoms with E-state index < -0.39 is 0 Å². The van der Waals surface area contributed by atoms with E-state index in [9.17, 15) is 0 Å². The second kappa shape index (κ2) is 6.15. The highest BCUT2D eigenvalue weighted by Crippen LogP contribution is 2.19. The Morgan fingerprint density at radius 1 is 0.864 bits per heavy atom. The van der Waals surface area contributed by atoms with Crippen LogP contribution >= 0.6 is 0 Å². The Hall–Kier alpha value is -2.41. The molecule has 3 aromatic carbocycles. The molecule has 0 radical (unpaired) electrons. The fourth-order valence-electron chi connectivity index (χ4n) is 3.06. The summed E-state index contributed by atoms with van der Waals surface area (Å²) >= 11 is 0. The predicted molar refractivity (Wildman–Crippen MR) is 95.9 cm³/mol. The molecule has 0 spiro atoms. The van der Waals surface area contributed by atoms with Gasteiger partial charge in [0.1, 0.15) is 0 Å². The fraction of sp³-hybridized carbons (Fsp3) is 0.190. The van der Waals surface area contributed by atoms with Crippen LogP contribution in [0.3, 0.4) is 0 Å². The smallest absolute Gasteiger partial charge is 0.0645 e. The van der Waals surface area contributed by atoms with Gasteiger partial charge in [-0.2, -0.15) is 0 Å². The van der Waals surface area contributed by atoms with Gasteiger partial charge in [0.15, 0.2) is 0 Å². The molecule has 0 fully saturated rings. The lowest BCUT2D eigenvalue weighted by Crippen LogP contribution is -1.94. The van der Waals surface area contributed by atoms with E-state index in [0.29, 0.717) is 0 Å². The molecule has 3 rings (SSSR count). The van der Waals surface area contributed by atoms with Crippen molar-refractivity contribution >= 4 is 17.0 Å². The van der Waals surface area contributed by atoms with E-state index in [1.165, 1.54) is 38.6 Å². The minimum Gasteiger partial charge on any atom is -0.288 e. The van der Waals surface area contributed by atoms with Gasteiger partial charge in [0.25, 0.3) is 0 Å². The summed E-state index contributed by atoms with van der Waals surface area (Å²) in [4.78, 5) is 4.69. The van der Waals surface area contributed by atoms with Gasteiger partial charge in [0.05, 0.1) is 6.54 Å². The van der Waals surface area contributed by atoms with Crippen LogP contribution in [0.15, 0.2) is 59.6 Å². The Morgan fingerprint density at radius 3 is 2.32 bits per heavy atom. The maximum atomic E-state index is 4.69. The second-order valence-corrected chi connectivity index (χ2v) is 5.92. The molecular weight excluding hydrogens is 266 g/mol. The first-order valence-electron chi connectivity index (χ1n) is 7.69. The average Bonchev–Trinajstić information content (AvgIpc) is 2.50. The molecule has 0 aromatic heterocycles. The lowest BCUT2D eigenvalue weighted by atomic mass is 10.00. The molecule has 22 heavy (non-hydrogen) atoms. The quantitative estimate of drug-likeness (QED) is 0.573. The van der Waals surface area contributed by atoms with Crippen LogP contribution in [0.5, 0.6) is 0 Å². The second-order valence-electron chi connectivity index (χ2n) is 5.92. The molecule has 0 heterocycles. The summed E-state index contributed by atoms with van der Waals surface area (Å²) in [6, 6.07) is 19.3. The van der Waals surface area contributed by atoms with Crippen molar-refractivity contribution in [2.45, 2.75) is 27.3 Å². The summed E-state index contributed by atoms with van der Waals surface area (Å²) in [5.41, 5.74) is 6.49. The number of nitrogens with zero attached hydrogens (tertiary/aromatic N) is 1. The van der Waals surface area contributed by atoms with E-state index in [-0.39, 0.29) is 0 Å². The van der Waals surface area contributed by atoms with Crippen molar-refractivity contribution in [3.8, 4) is 0 Å². The monoisotopic (exact) mass is 287 g/mol. The topological polar surface area (TPSA) is 12.4 Å². The molecule has 0 amide bonds. The van der Waals surface area contributed by atoms with Crippen molar-refractivity contribution in [2.75, 3.05) is 0 Å². The van der Waals surface area contributed by atoms with Crippen molar-refractivity contribution in [1.82, 2.24) is 0 Å². The summed E-state index contributed by atoms with van der Waals surface area (Å²) in [6.07, 6.45) is 2.00. The summed E-state index contributed by atoms with van der Waals surface area (Å²) in [5, 5.41) is 2.51. The van der Waals surface area contributed by atoms with Crippen molar-refractivity contribution in [3.63, 3.8) is 0 Å². The summed E-state index contributed by atoms with van der Waals surface area (Å²) < 4.78 is 0. The van der Waals surface area contributed by atoms with Crippen LogP contribution in [0.2, 0.25) is 0 Å². The lowest BCUT2D eigenvalue weighted by molar-refractivity contribution is 1.03. The van der Waals surface area contributed by atoms with Gasteiger partial charge in [-0.3, -0.25) is 4.99 Å². The molecule has 0 saturated carbocycles. The third-order valence-electron chi connectivity index (χ3n) is 4.14. The number of benzene rings is 3. The zero-order chi connectivity index (χ0) is 15.5. The Balaban J connectivity index is 1.89. The molecule has 0 atom stereocenters. The molecule has 110 valence electrons. The van der Waals surface area contributed by atoms with Crippen molar-refractivity contribution < 1.29 is 0 Å². The van der Waals surface area contributed by atoms with Crippen molar-refractivity contribution in [2.24, 2.45) is 4.99 Å². The van der Waals surface area contributed by atoms with E-state index in [0.717, 1.165) is 6.54 Å². The van der Waals surface area contributed by atoms with Gasteiger partial charge in [0.2, 0.25) is 0 Å². The molecule has 0 aliphatic carbocycles. The standard InChI is InChI=1S/C21H21N/c1-15-11-16(2)21(17(3)12-15)14-22-13-19-9-6-8-18-7-4-5-10-20(18)19/h4-13H,14H2,1-3H3. The molecule has 0 aliphatic heterocycles. The Morgan fingerprint density at radius 2 is 1.55 bits per heavy atom. The molecule has 0 unspecified atom stereocenters. The maximum absolute atomic E-state index is 4.69. The van der Waals surface area contributed by atoms with Crippen LogP contribution in [0.4, 0.5) is 0 Å². The Labute approximate surface area is 132 Å². The van der Waals surface area contributed by atoms with E-state index in [2.05, 4.69) is 80.4 Å². The van der Waals surface area contributed by atoms with Crippen molar-refractivity contribution in [3.05, 3.63) is 82.4 Å². The lowest BCUT2D eigenvalue weighted by Gasteiger charge is -2.09. The summed E-state index contributed by atoms with van der Waals surface area (Å²) in [6.45, 7) is 7.22. The van der Waals surface area contributed by atoms with Crippen LogP contribution in [0.1, 0.15) is 27.8 Å². The first kappa shape index (κ1) is 14.5.